The van der Waals surface area contributed by atoms with E-state index < -0.39 is 0 Å². The third-order valence-corrected chi connectivity index (χ3v) is 3.11. The zero-order chi connectivity index (χ0) is 13.5. The van der Waals surface area contributed by atoms with E-state index in [1.54, 1.807) is 47.8 Å². The SMILES string of the molecule is N#CCOc1ccc(C(=O)C=Cc2ccsc2)cc1. The maximum Gasteiger partial charge on any atom is 0.185 e. The molecule has 1 aromatic heterocycles. The second-order valence-corrected chi connectivity index (χ2v) is 4.51. The van der Waals surface area contributed by atoms with E-state index in [4.69, 9.17) is 10.00 Å². The van der Waals surface area contributed by atoms with Crippen molar-refractivity contribution in [3.05, 3.63) is 58.3 Å². The summed E-state index contributed by atoms with van der Waals surface area (Å²) < 4.78 is 5.12. The Hall–Kier alpha value is -2.38. The largest absolute Gasteiger partial charge is 0.479 e. The lowest BCUT2D eigenvalue weighted by atomic mass is 10.1. The van der Waals surface area contributed by atoms with Crippen LogP contribution in [0, 0.1) is 11.3 Å². The molecular formula is C15H11NO2S. The van der Waals surface area contributed by atoms with E-state index in [2.05, 4.69) is 0 Å². The summed E-state index contributed by atoms with van der Waals surface area (Å²) in [7, 11) is 0. The van der Waals surface area contributed by atoms with Crippen LogP contribution in [0.15, 0.2) is 47.2 Å². The van der Waals surface area contributed by atoms with Crippen molar-refractivity contribution in [2.45, 2.75) is 0 Å². The number of hydrogen-bond acceptors (Lipinski definition) is 4. The minimum absolute atomic E-state index is 0.00531. The molecule has 0 aliphatic heterocycles. The van der Waals surface area contributed by atoms with Gasteiger partial charge in [-0.25, -0.2) is 0 Å². The van der Waals surface area contributed by atoms with Gasteiger partial charge in [0.25, 0.3) is 0 Å². The van der Waals surface area contributed by atoms with Crippen molar-refractivity contribution in [2.75, 3.05) is 6.61 Å². The van der Waals surface area contributed by atoms with Gasteiger partial charge in [-0.2, -0.15) is 16.6 Å². The fourth-order valence-electron chi connectivity index (χ4n) is 1.47. The standard InChI is InChI=1S/C15H11NO2S/c16-8-9-18-14-4-2-13(3-5-14)15(17)6-1-12-7-10-19-11-12/h1-7,10-11H,9H2. The fourth-order valence-corrected chi connectivity index (χ4v) is 2.10. The molecule has 0 spiro atoms. The zero-order valence-corrected chi connectivity index (χ0v) is 10.9. The fraction of sp³-hybridized carbons (Fsp3) is 0.0667. The summed E-state index contributed by atoms with van der Waals surface area (Å²) in [5, 5.41) is 12.3. The van der Waals surface area contributed by atoms with Crippen LogP contribution >= 0.6 is 11.3 Å². The first-order valence-corrected chi connectivity index (χ1v) is 6.58. The van der Waals surface area contributed by atoms with E-state index in [0.717, 1.165) is 5.56 Å². The van der Waals surface area contributed by atoms with Crippen molar-refractivity contribution in [3.63, 3.8) is 0 Å². The monoisotopic (exact) mass is 269 g/mol. The molecule has 0 bridgehead atoms. The van der Waals surface area contributed by atoms with Gasteiger partial charge in [0.2, 0.25) is 0 Å². The molecule has 0 radical (unpaired) electrons. The van der Waals surface area contributed by atoms with Crippen molar-refractivity contribution in [1.29, 1.82) is 5.26 Å². The van der Waals surface area contributed by atoms with E-state index in [0.29, 0.717) is 11.3 Å². The molecule has 0 N–H and O–H groups in total. The van der Waals surface area contributed by atoms with Crippen LogP contribution < -0.4 is 4.74 Å². The van der Waals surface area contributed by atoms with Crippen LogP contribution in [-0.4, -0.2) is 12.4 Å². The Bertz CT molecular complexity index is 607. The summed E-state index contributed by atoms with van der Waals surface area (Å²) in [6, 6.07) is 10.6. The first-order valence-electron chi connectivity index (χ1n) is 5.64. The highest BCUT2D eigenvalue weighted by molar-refractivity contribution is 7.08. The summed E-state index contributed by atoms with van der Waals surface area (Å²) in [5.41, 5.74) is 1.61. The smallest absolute Gasteiger partial charge is 0.185 e. The van der Waals surface area contributed by atoms with Crippen molar-refractivity contribution in [1.82, 2.24) is 0 Å². The Morgan fingerprint density at radius 1 is 1.32 bits per heavy atom. The number of allylic oxidation sites excluding steroid dienone is 1. The molecule has 2 rings (SSSR count). The molecule has 4 heteroatoms. The highest BCUT2D eigenvalue weighted by Crippen LogP contribution is 2.14. The molecule has 0 saturated heterocycles. The number of thiophene rings is 1. The molecule has 3 nitrogen and oxygen atoms in total. The molecule has 0 unspecified atom stereocenters. The number of benzene rings is 1. The zero-order valence-electron chi connectivity index (χ0n) is 10.1. The number of carbonyl (C=O) groups is 1. The van der Waals surface area contributed by atoms with Crippen LogP contribution in [0.1, 0.15) is 15.9 Å². The highest BCUT2D eigenvalue weighted by atomic mass is 32.1. The number of nitriles is 1. The quantitative estimate of drug-likeness (QED) is 0.616. The number of hydrogen-bond donors (Lipinski definition) is 0. The van der Waals surface area contributed by atoms with Crippen LogP contribution in [0.25, 0.3) is 6.08 Å². The summed E-state index contributed by atoms with van der Waals surface area (Å²) in [6.45, 7) is 0.00531. The molecule has 0 atom stereocenters. The average Bonchev–Trinajstić information content (AvgIpc) is 2.96. The first kappa shape index (κ1) is 13.1. The van der Waals surface area contributed by atoms with Crippen LogP contribution in [0.4, 0.5) is 0 Å². The Morgan fingerprint density at radius 3 is 2.74 bits per heavy atom. The Kier molecular flexibility index (Phi) is 4.49. The van der Waals surface area contributed by atoms with Gasteiger partial charge in [0, 0.05) is 5.56 Å². The predicted octanol–water partition coefficient (Wildman–Crippen LogP) is 3.55. The Morgan fingerprint density at radius 2 is 2.11 bits per heavy atom. The van der Waals surface area contributed by atoms with E-state index in [1.165, 1.54) is 0 Å². The lowest BCUT2D eigenvalue weighted by Gasteiger charge is -2.01. The normalized spacial score (nSPS) is 10.3. The lowest BCUT2D eigenvalue weighted by Crippen LogP contribution is -1.96. The maximum absolute atomic E-state index is 11.9. The number of carbonyl (C=O) groups excluding carboxylic acids is 1. The molecule has 0 fully saturated rings. The molecule has 19 heavy (non-hydrogen) atoms. The summed E-state index contributed by atoms with van der Waals surface area (Å²) in [6.07, 6.45) is 3.34. The van der Waals surface area contributed by atoms with Crippen LogP contribution in [0.5, 0.6) is 5.75 Å². The van der Waals surface area contributed by atoms with Gasteiger partial charge < -0.3 is 4.74 Å². The van der Waals surface area contributed by atoms with Crippen molar-refractivity contribution < 1.29 is 9.53 Å². The third kappa shape index (κ3) is 3.80. The minimum Gasteiger partial charge on any atom is -0.479 e. The average molecular weight is 269 g/mol. The summed E-state index contributed by atoms with van der Waals surface area (Å²) in [5.74, 6) is 0.526. The third-order valence-electron chi connectivity index (χ3n) is 2.41. The van der Waals surface area contributed by atoms with Crippen molar-refractivity contribution in [2.24, 2.45) is 0 Å². The van der Waals surface area contributed by atoms with E-state index in [9.17, 15) is 4.79 Å². The molecule has 0 saturated carbocycles. The molecule has 0 aliphatic carbocycles. The molecule has 2 aromatic rings. The van der Waals surface area contributed by atoms with Crippen LogP contribution in [0.2, 0.25) is 0 Å². The summed E-state index contributed by atoms with van der Waals surface area (Å²) in [4.78, 5) is 11.9. The van der Waals surface area contributed by atoms with Crippen LogP contribution in [-0.2, 0) is 0 Å². The first-order chi connectivity index (χ1) is 9.29. The second-order valence-electron chi connectivity index (χ2n) is 3.73. The van der Waals surface area contributed by atoms with Gasteiger partial charge >= 0.3 is 0 Å². The van der Waals surface area contributed by atoms with Crippen molar-refractivity contribution >= 4 is 23.2 Å². The molecule has 94 valence electrons. The molecular weight excluding hydrogens is 258 g/mol. The molecule has 1 heterocycles. The number of ether oxygens (including phenoxy) is 1. The van der Waals surface area contributed by atoms with Crippen LogP contribution in [0.3, 0.4) is 0 Å². The molecule has 1 aromatic carbocycles. The maximum atomic E-state index is 11.9. The van der Waals surface area contributed by atoms with Gasteiger partial charge in [-0.15, -0.1) is 0 Å². The van der Waals surface area contributed by atoms with Gasteiger partial charge in [0.1, 0.15) is 11.8 Å². The van der Waals surface area contributed by atoms with Crippen molar-refractivity contribution in [3.8, 4) is 11.8 Å². The highest BCUT2D eigenvalue weighted by Gasteiger charge is 2.02. The Labute approximate surface area is 115 Å². The van der Waals surface area contributed by atoms with E-state index in [-0.39, 0.29) is 12.4 Å². The number of rotatable bonds is 5. The van der Waals surface area contributed by atoms with Gasteiger partial charge in [0.05, 0.1) is 0 Å². The number of nitrogens with zero attached hydrogens (tertiary/aromatic N) is 1. The summed E-state index contributed by atoms with van der Waals surface area (Å²) >= 11 is 1.59. The van der Waals surface area contributed by atoms with Gasteiger partial charge in [-0.05, 0) is 52.7 Å². The second kappa shape index (κ2) is 6.53. The minimum atomic E-state index is -0.0574. The van der Waals surface area contributed by atoms with Gasteiger partial charge in [0.15, 0.2) is 12.4 Å². The van der Waals surface area contributed by atoms with E-state index in [1.807, 2.05) is 22.9 Å². The van der Waals surface area contributed by atoms with Gasteiger partial charge in [-0.1, -0.05) is 6.08 Å². The lowest BCUT2D eigenvalue weighted by molar-refractivity contribution is 0.104. The van der Waals surface area contributed by atoms with Gasteiger partial charge in [-0.3, -0.25) is 4.79 Å². The Balaban J connectivity index is 2.02. The number of ketones is 1. The van der Waals surface area contributed by atoms with E-state index >= 15 is 0 Å². The predicted molar refractivity (Wildman–Crippen MR) is 75.2 cm³/mol. The molecule has 0 amide bonds. The topological polar surface area (TPSA) is 50.1 Å². The molecule has 0 aliphatic rings.